The van der Waals surface area contributed by atoms with E-state index in [-0.39, 0.29) is 22.9 Å². The summed E-state index contributed by atoms with van der Waals surface area (Å²) in [5.74, 6) is -0.609. The molecule has 4 heteroatoms. The molecule has 0 atom stereocenters. The number of rotatable bonds is 5. The number of phenols is 1. The highest BCUT2D eigenvalue weighted by molar-refractivity contribution is 6.08. The van der Waals surface area contributed by atoms with Crippen molar-refractivity contribution in [1.29, 1.82) is 0 Å². The Morgan fingerprint density at radius 1 is 1.04 bits per heavy atom. The lowest BCUT2D eigenvalue weighted by atomic mass is 10.0. The first-order valence-electron chi connectivity index (χ1n) is 7.22. The number of phenolic OH excluding ortho intramolecular Hbond substituents is 1. The van der Waals surface area contributed by atoms with Gasteiger partial charge < -0.3 is 10.0 Å². The highest BCUT2D eigenvalue weighted by Crippen LogP contribution is 2.20. The van der Waals surface area contributed by atoms with Crippen molar-refractivity contribution in [3.05, 3.63) is 65.2 Å². The highest BCUT2D eigenvalue weighted by atomic mass is 16.3. The van der Waals surface area contributed by atoms with Gasteiger partial charge in [-0.25, -0.2) is 0 Å². The van der Waals surface area contributed by atoms with E-state index < -0.39 is 0 Å². The minimum atomic E-state index is -0.277. The van der Waals surface area contributed by atoms with Gasteiger partial charge in [0.1, 0.15) is 5.75 Å². The number of hydrogen-bond acceptors (Lipinski definition) is 4. The fourth-order valence-corrected chi connectivity index (χ4v) is 2.12. The molecule has 0 amide bonds. The number of nitrogens with zero attached hydrogens (tertiary/aromatic N) is 1. The monoisotopic (exact) mass is 309 g/mol. The van der Waals surface area contributed by atoms with E-state index >= 15 is 0 Å². The lowest BCUT2D eigenvalue weighted by Crippen LogP contribution is -2.07. The van der Waals surface area contributed by atoms with E-state index in [1.54, 1.807) is 6.08 Å². The molecule has 2 aromatic carbocycles. The largest absolute Gasteiger partial charge is 0.507 e. The van der Waals surface area contributed by atoms with E-state index in [1.165, 1.54) is 31.2 Å². The van der Waals surface area contributed by atoms with Crippen LogP contribution in [0.5, 0.6) is 5.75 Å². The molecule has 23 heavy (non-hydrogen) atoms. The first-order valence-corrected chi connectivity index (χ1v) is 7.22. The van der Waals surface area contributed by atoms with Crippen LogP contribution in [0.2, 0.25) is 0 Å². The standard InChI is InChI=1S/C19H19NO3/c1-13(21)17-12-15(7-11-19(17)23)18(22)10-6-14-4-8-16(9-5-14)20(2)3/h4-12,23H,1-3H3/b10-6+. The second kappa shape index (κ2) is 6.92. The smallest absolute Gasteiger partial charge is 0.185 e. The van der Waals surface area contributed by atoms with Crippen molar-refractivity contribution in [2.45, 2.75) is 6.92 Å². The van der Waals surface area contributed by atoms with E-state index in [4.69, 9.17) is 0 Å². The Balaban J connectivity index is 2.18. The van der Waals surface area contributed by atoms with Crippen LogP contribution in [0.4, 0.5) is 5.69 Å². The van der Waals surface area contributed by atoms with Gasteiger partial charge in [-0.2, -0.15) is 0 Å². The van der Waals surface area contributed by atoms with E-state index in [9.17, 15) is 14.7 Å². The van der Waals surface area contributed by atoms with Crippen LogP contribution in [-0.4, -0.2) is 30.8 Å². The lowest BCUT2D eigenvalue weighted by Gasteiger charge is -2.11. The van der Waals surface area contributed by atoms with Crippen LogP contribution in [-0.2, 0) is 0 Å². The summed E-state index contributed by atoms with van der Waals surface area (Å²) in [6, 6.07) is 12.1. The average Bonchev–Trinajstić information content (AvgIpc) is 2.53. The molecule has 2 aromatic rings. The Bertz CT molecular complexity index is 759. The molecule has 0 saturated heterocycles. The van der Waals surface area contributed by atoms with Gasteiger partial charge in [-0.05, 0) is 48.9 Å². The van der Waals surface area contributed by atoms with Gasteiger partial charge in [0.05, 0.1) is 5.56 Å². The molecule has 0 aliphatic carbocycles. The van der Waals surface area contributed by atoms with Gasteiger partial charge in [-0.1, -0.05) is 18.2 Å². The number of Topliss-reactive ketones (excluding diaryl/α,β-unsaturated/α-hetero) is 1. The Morgan fingerprint density at radius 3 is 2.26 bits per heavy atom. The summed E-state index contributed by atoms with van der Waals surface area (Å²) in [6.45, 7) is 1.35. The number of hydrogen-bond donors (Lipinski definition) is 1. The number of allylic oxidation sites excluding steroid dienone is 1. The predicted octanol–water partition coefficient (Wildman–Crippen LogP) is 3.56. The molecule has 0 saturated carbocycles. The molecule has 118 valence electrons. The predicted molar refractivity (Wildman–Crippen MR) is 92.2 cm³/mol. The van der Waals surface area contributed by atoms with Gasteiger partial charge in [0.2, 0.25) is 0 Å². The summed E-state index contributed by atoms with van der Waals surface area (Å²) in [5.41, 5.74) is 2.52. The van der Waals surface area contributed by atoms with Crippen LogP contribution in [0.15, 0.2) is 48.5 Å². The average molecular weight is 309 g/mol. The second-order valence-electron chi connectivity index (χ2n) is 5.47. The van der Waals surface area contributed by atoms with Crippen LogP contribution in [0.1, 0.15) is 33.2 Å². The van der Waals surface area contributed by atoms with Crippen molar-refractivity contribution in [3.8, 4) is 5.75 Å². The van der Waals surface area contributed by atoms with Gasteiger partial charge in [0.25, 0.3) is 0 Å². The number of carbonyl (C=O) groups excluding carboxylic acids is 2. The summed E-state index contributed by atoms with van der Waals surface area (Å²) in [4.78, 5) is 25.6. The zero-order chi connectivity index (χ0) is 17.0. The highest BCUT2D eigenvalue weighted by Gasteiger charge is 2.10. The zero-order valence-corrected chi connectivity index (χ0v) is 13.4. The molecule has 1 N–H and O–H groups in total. The quantitative estimate of drug-likeness (QED) is 0.678. The Labute approximate surface area is 135 Å². The minimum absolute atomic E-state index is 0.114. The second-order valence-corrected chi connectivity index (χ2v) is 5.47. The number of carbonyl (C=O) groups is 2. The molecule has 0 aliphatic heterocycles. The maximum Gasteiger partial charge on any atom is 0.185 e. The molecule has 0 radical (unpaired) electrons. The molecule has 0 aliphatic rings. The van der Waals surface area contributed by atoms with Crippen LogP contribution < -0.4 is 4.90 Å². The maximum absolute atomic E-state index is 12.2. The molecule has 4 nitrogen and oxygen atoms in total. The Kier molecular flexibility index (Phi) is 4.96. The molecular weight excluding hydrogens is 290 g/mol. The van der Waals surface area contributed by atoms with Crippen LogP contribution in [0.3, 0.4) is 0 Å². The maximum atomic E-state index is 12.2. The third kappa shape index (κ3) is 4.07. The first-order chi connectivity index (χ1) is 10.9. The number of ketones is 2. The van der Waals surface area contributed by atoms with E-state index in [2.05, 4.69) is 0 Å². The van der Waals surface area contributed by atoms with Crippen LogP contribution >= 0.6 is 0 Å². The molecule has 0 fully saturated rings. The Hall–Kier alpha value is -2.88. The lowest BCUT2D eigenvalue weighted by molar-refractivity contribution is 0.101. The SMILES string of the molecule is CC(=O)c1cc(C(=O)/C=C/c2ccc(N(C)C)cc2)ccc1O. The summed E-state index contributed by atoms with van der Waals surface area (Å²) in [6.07, 6.45) is 3.18. The van der Waals surface area contributed by atoms with E-state index in [0.717, 1.165) is 11.3 Å². The summed E-state index contributed by atoms with van der Waals surface area (Å²) >= 11 is 0. The van der Waals surface area contributed by atoms with Gasteiger partial charge >= 0.3 is 0 Å². The third-order valence-electron chi connectivity index (χ3n) is 3.50. The minimum Gasteiger partial charge on any atom is -0.507 e. The molecule has 0 unspecified atom stereocenters. The van der Waals surface area contributed by atoms with Crippen LogP contribution in [0.25, 0.3) is 6.08 Å². The normalized spacial score (nSPS) is 10.7. The van der Waals surface area contributed by atoms with E-state index in [1.807, 2.05) is 43.3 Å². The third-order valence-corrected chi connectivity index (χ3v) is 3.50. The van der Waals surface area contributed by atoms with Crippen molar-refractivity contribution >= 4 is 23.3 Å². The zero-order valence-electron chi connectivity index (χ0n) is 13.4. The molecule has 2 rings (SSSR count). The number of anilines is 1. The summed E-state index contributed by atoms with van der Waals surface area (Å²) < 4.78 is 0. The fraction of sp³-hybridized carbons (Fsp3) is 0.158. The van der Waals surface area contributed by atoms with Gasteiger partial charge in [0, 0.05) is 25.3 Å². The molecule has 0 spiro atoms. The Morgan fingerprint density at radius 2 is 1.70 bits per heavy atom. The number of aromatic hydroxyl groups is 1. The van der Waals surface area contributed by atoms with Gasteiger partial charge in [-0.15, -0.1) is 0 Å². The first kappa shape index (κ1) is 16.5. The molecule has 0 heterocycles. The van der Waals surface area contributed by atoms with Crippen molar-refractivity contribution in [1.82, 2.24) is 0 Å². The van der Waals surface area contributed by atoms with Crippen molar-refractivity contribution < 1.29 is 14.7 Å². The van der Waals surface area contributed by atoms with Gasteiger partial charge in [-0.3, -0.25) is 9.59 Å². The van der Waals surface area contributed by atoms with E-state index in [0.29, 0.717) is 5.56 Å². The summed E-state index contributed by atoms with van der Waals surface area (Å²) in [5, 5.41) is 9.61. The molecule has 0 bridgehead atoms. The van der Waals surface area contributed by atoms with Crippen molar-refractivity contribution in [3.63, 3.8) is 0 Å². The van der Waals surface area contributed by atoms with Crippen molar-refractivity contribution in [2.24, 2.45) is 0 Å². The van der Waals surface area contributed by atoms with Gasteiger partial charge in [0.15, 0.2) is 11.6 Å². The topological polar surface area (TPSA) is 57.6 Å². The molecule has 0 aromatic heterocycles. The fourth-order valence-electron chi connectivity index (χ4n) is 2.12. The van der Waals surface area contributed by atoms with Crippen LogP contribution in [0, 0.1) is 0 Å². The summed E-state index contributed by atoms with van der Waals surface area (Å²) in [7, 11) is 3.93. The number of benzene rings is 2. The molecular formula is C19H19NO3. The van der Waals surface area contributed by atoms with Crippen molar-refractivity contribution in [2.75, 3.05) is 19.0 Å².